The number of aliphatic carboxylic acids is 1. The fourth-order valence-electron chi connectivity index (χ4n) is 3.04. The zero-order valence-corrected chi connectivity index (χ0v) is 12.8. The van der Waals surface area contributed by atoms with E-state index in [0.717, 1.165) is 5.39 Å². The monoisotopic (exact) mass is 318 g/mol. The lowest BCUT2D eigenvalue weighted by Gasteiger charge is -2.23. The number of hydrogen-bond donors (Lipinski definition) is 1. The zero-order chi connectivity index (χ0) is 16.4. The number of para-hydroxylation sites is 1. The Balaban J connectivity index is 1.73. The molecule has 0 aliphatic carbocycles. The summed E-state index contributed by atoms with van der Waals surface area (Å²) in [5.41, 5.74) is 0.192. The van der Waals surface area contributed by atoms with Gasteiger partial charge in [-0.1, -0.05) is 17.3 Å². The Kier molecular flexibility index (Phi) is 4.04. The Labute approximate surface area is 132 Å². The Hall–Kier alpha value is -2.41. The summed E-state index contributed by atoms with van der Waals surface area (Å²) >= 11 is 0. The van der Waals surface area contributed by atoms with Gasteiger partial charge in [0.2, 0.25) is 5.91 Å². The Morgan fingerprint density at radius 2 is 2.22 bits per heavy atom. The smallest absolute Gasteiger partial charge is 0.313 e. The second-order valence-electron chi connectivity index (χ2n) is 5.89. The molecule has 1 fully saturated rings. The fraction of sp³-hybridized carbons (Fsp3) is 0.438. The van der Waals surface area contributed by atoms with Crippen molar-refractivity contribution in [2.24, 2.45) is 5.41 Å². The van der Waals surface area contributed by atoms with E-state index in [0.29, 0.717) is 24.2 Å². The van der Waals surface area contributed by atoms with Crippen LogP contribution in [0.5, 0.6) is 0 Å². The van der Waals surface area contributed by atoms with Crippen molar-refractivity contribution in [1.82, 2.24) is 10.1 Å². The van der Waals surface area contributed by atoms with Gasteiger partial charge >= 0.3 is 5.97 Å². The van der Waals surface area contributed by atoms with E-state index in [4.69, 9.17) is 9.26 Å². The number of hydrogen-bond acceptors (Lipinski definition) is 5. The van der Waals surface area contributed by atoms with Crippen LogP contribution >= 0.6 is 0 Å². The number of carboxylic acids is 1. The van der Waals surface area contributed by atoms with Gasteiger partial charge in [-0.15, -0.1) is 0 Å². The first-order valence-corrected chi connectivity index (χ1v) is 7.39. The molecule has 1 saturated heterocycles. The maximum absolute atomic E-state index is 12.5. The summed E-state index contributed by atoms with van der Waals surface area (Å²) in [7, 11) is 1.47. The molecule has 1 N–H and O–H groups in total. The molecule has 3 rings (SSSR count). The maximum Gasteiger partial charge on any atom is 0.313 e. The van der Waals surface area contributed by atoms with Crippen molar-refractivity contribution in [2.45, 2.75) is 12.8 Å². The molecular formula is C16H18N2O5. The van der Waals surface area contributed by atoms with Gasteiger partial charge < -0.3 is 19.3 Å². The number of ether oxygens (including phenoxy) is 1. The molecule has 7 nitrogen and oxygen atoms in total. The standard InChI is InChI=1S/C16H18N2O5/c1-22-10-16(15(20)21)6-7-18(9-16)14(19)8-12-11-4-2-3-5-13(11)23-17-12/h2-5H,6-10H2,1H3,(H,20,21). The Morgan fingerprint density at radius 3 is 2.96 bits per heavy atom. The van der Waals surface area contributed by atoms with Crippen LogP contribution in [-0.2, 0) is 20.7 Å². The summed E-state index contributed by atoms with van der Waals surface area (Å²) in [5.74, 6) is -1.08. The second kappa shape index (κ2) is 6.00. The molecule has 1 aromatic heterocycles. The third kappa shape index (κ3) is 2.79. The number of carboxylic acid groups (broad SMARTS) is 1. The Morgan fingerprint density at radius 1 is 1.43 bits per heavy atom. The third-order valence-electron chi connectivity index (χ3n) is 4.35. The minimum atomic E-state index is -1.02. The summed E-state index contributed by atoms with van der Waals surface area (Å²) in [6.45, 7) is 0.661. The first-order chi connectivity index (χ1) is 11.1. The first-order valence-electron chi connectivity index (χ1n) is 7.39. The van der Waals surface area contributed by atoms with Crippen molar-refractivity contribution in [3.8, 4) is 0 Å². The number of carbonyl (C=O) groups excluding carboxylic acids is 1. The minimum absolute atomic E-state index is 0.0962. The Bertz CT molecular complexity index is 741. The average Bonchev–Trinajstić information content (AvgIpc) is 3.14. The fourth-order valence-corrected chi connectivity index (χ4v) is 3.04. The number of benzene rings is 1. The topological polar surface area (TPSA) is 92.9 Å². The normalized spacial score (nSPS) is 21.0. The van der Waals surface area contributed by atoms with Crippen molar-refractivity contribution in [2.75, 3.05) is 26.8 Å². The van der Waals surface area contributed by atoms with Crippen LogP contribution in [0.15, 0.2) is 28.8 Å². The van der Waals surface area contributed by atoms with Crippen LogP contribution in [0, 0.1) is 5.41 Å². The van der Waals surface area contributed by atoms with E-state index in [-0.39, 0.29) is 25.5 Å². The molecule has 122 valence electrons. The molecule has 1 amide bonds. The second-order valence-corrected chi connectivity index (χ2v) is 5.89. The van der Waals surface area contributed by atoms with Gasteiger partial charge in [-0.25, -0.2) is 0 Å². The summed E-state index contributed by atoms with van der Waals surface area (Å²) in [6.07, 6.45) is 0.487. The molecule has 0 spiro atoms. The number of likely N-dealkylation sites (tertiary alicyclic amines) is 1. The molecule has 0 saturated carbocycles. The van der Waals surface area contributed by atoms with Crippen LogP contribution in [-0.4, -0.2) is 53.8 Å². The first kappa shape index (κ1) is 15.5. The van der Waals surface area contributed by atoms with Crippen molar-refractivity contribution in [3.63, 3.8) is 0 Å². The molecule has 0 radical (unpaired) electrons. The van der Waals surface area contributed by atoms with Gasteiger partial charge in [0.15, 0.2) is 5.58 Å². The molecular weight excluding hydrogens is 300 g/mol. The third-order valence-corrected chi connectivity index (χ3v) is 4.35. The van der Waals surface area contributed by atoms with Gasteiger partial charge in [0.1, 0.15) is 11.1 Å². The van der Waals surface area contributed by atoms with Crippen molar-refractivity contribution in [1.29, 1.82) is 0 Å². The number of rotatable bonds is 5. The van der Waals surface area contributed by atoms with Gasteiger partial charge in [-0.3, -0.25) is 9.59 Å². The molecule has 7 heteroatoms. The highest BCUT2D eigenvalue weighted by atomic mass is 16.5. The van der Waals surface area contributed by atoms with E-state index in [9.17, 15) is 14.7 Å². The van der Waals surface area contributed by atoms with Gasteiger partial charge in [-0.05, 0) is 18.6 Å². The van der Waals surface area contributed by atoms with Crippen LogP contribution in [0.2, 0.25) is 0 Å². The summed E-state index contributed by atoms with van der Waals surface area (Å²) < 4.78 is 10.2. The molecule has 2 aromatic rings. The molecule has 1 aliphatic heterocycles. The highest BCUT2D eigenvalue weighted by Gasteiger charge is 2.46. The van der Waals surface area contributed by atoms with Gasteiger partial charge in [0.25, 0.3) is 0 Å². The molecule has 1 atom stereocenters. The summed E-state index contributed by atoms with van der Waals surface area (Å²) in [6, 6.07) is 7.34. The van der Waals surface area contributed by atoms with Crippen LogP contribution in [0.1, 0.15) is 12.1 Å². The lowest BCUT2D eigenvalue weighted by molar-refractivity contribution is -0.151. The van der Waals surface area contributed by atoms with Gasteiger partial charge in [-0.2, -0.15) is 0 Å². The van der Waals surface area contributed by atoms with E-state index in [2.05, 4.69) is 5.16 Å². The van der Waals surface area contributed by atoms with Crippen molar-refractivity contribution in [3.05, 3.63) is 30.0 Å². The highest BCUT2D eigenvalue weighted by molar-refractivity contribution is 5.87. The summed E-state index contributed by atoms with van der Waals surface area (Å²) in [4.78, 5) is 25.6. The quantitative estimate of drug-likeness (QED) is 0.894. The number of aromatic nitrogens is 1. The van der Waals surface area contributed by atoms with Gasteiger partial charge in [0, 0.05) is 25.6 Å². The van der Waals surface area contributed by atoms with E-state index < -0.39 is 11.4 Å². The number of amides is 1. The van der Waals surface area contributed by atoms with Gasteiger partial charge in [0.05, 0.1) is 13.0 Å². The zero-order valence-electron chi connectivity index (χ0n) is 12.8. The lowest BCUT2D eigenvalue weighted by Crippen LogP contribution is -2.40. The van der Waals surface area contributed by atoms with Crippen LogP contribution in [0.4, 0.5) is 0 Å². The van der Waals surface area contributed by atoms with Crippen molar-refractivity contribution < 1.29 is 24.0 Å². The van der Waals surface area contributed by atoms with Crippen LogP contribution < -0.4 is 0 Å². The predicted molar refractivity (Wildman–Crippen MR) is 80.9 cm³/mol. The molecule has 2 heterocycles. The van der Waals surface area contributed by atoms with E-state index in [1.807, 2.05) is 18.2 Å². The molecule has 23 heavy (non-hydrogen) atoms. The lowest BCUT2D eigenvalue weighted by atomic mass is 9.88. The molecule has 0 bridgehead atoms. The SMILES string of the molecule is COCC1(C(=O)O)CCN(C(=O)Cc2noc3ccccc23)C1. The largest absolute Gasteiger partial charge is 0.481 e. The highest BCUT2D eigenvalue weighted by Crippen LogP contribution is 2.32. The van der Waals surface area contributed by atoms with Crippen LogP contribution in [0.3, 0.4) is 0 Å². The molecule has 1 aromatic carbocycles. The maximum atomic E-state index is 12.5. The number of fused-ring (bicyclic) bond motifs is 1. The predicted octanol–water partition coefficient (Wildman–Crippen LogP) is 1.32. The van der Waals surface area contributed by atoms with Crippen molar-refractivity contribution >= 4 is 22.8 Å². The number of methoxy groups -OCH3 is 1. The minimum Gasteiger partial charge on any atom is -0.481 e. The van der Waals surface area contributed by atoms with E-state index >= 15 is 0 Å². The van der Waals surface area contributed by atoms with E-state index in [1.54, 1.807) is 11.0 Å². The number of nitrogens with zero attached hydrogens (tertiary/aromatic N) is 2. The molecule has 1 aliphatic rings. The average molecular weight is 318 g/mol. The summed E-state index contributed by atoms with van der Waals surface area (Å²) in [5, 5.41) is 14.2. The molecule has 1 unspecified atom stereocenters. The number of carbonyl (C=O) groups is 2. The van der Waals surface area contributed by atoms with E-state index in [1.165, 1.54) is 7.11 Å². The van der Waals surface area contributed by atoms with Crippen LogP contribution in [0.25, 0.3) is 11.0 Å².